The van der Waals surface area contributed by atoms with Crippen molar-refractivity contribution in [3.63, 3.8) is 0 Å². The van der Waals surface area contributed by atoms with E-state index in [4.69, 9.17) is 0 Å². The predicted octanol–water partition coefficient (Wildman–Crippen LogP) is 4.85. The predicted molar refractivity (Wildman–Crippen MR) is 115 cm³/mol. The zero-order valence-electron chi connectivity index (χ0n) is 16.9. The van der Waals surface area contributed by atoms with Crippen molar-refractivity contribution in [2.45, 2.75) is 46.3 Å². The SMILES string of the molecule is CC[C@H](C)N(Cc1ccccc1)C(=O)Cn1c(-c2ccc(F)cc2)c(C)sc1=O. The van der Waals surface area contributed by atoms with Gasteiger partial charge in [-0.25, -0.2) is 4.39 Å². The van der Waals surface area contributed by atoms with Crippen LogP contribution in [0.2, 0.25) is 0 Å². The quantitative estimate of drug-likeness (QED) is 0.557. The molecule has 0 spiro atoms. The fraction of sp³-hybridized carbons (Fsp3) is 0.304. The van der Waals surface area contributed by atoms with Crippen molar-refractivity contribution >= 4 is 17.2 Å². The van der Waals surface area contributed by atoms with E-state index in [-0.39, 0.29) is 29.2 Å². The van der Waals surface area contributed by atoms with Crippen LogP contribution < -0.4 is 4.87 Å². The van der Waals surface area contributed by atoms with Gasteiger partial charge in [0.15, 0.2) is 0 Å². The number of nitrogens with zero attached hydrogens (tertiary/aromatic N) is 2. The van der Waals surface area contributed by atoms with Gasteiger partial charge in [0.2, 0.25) is 5.91 Å². The van der Waals surface area contributed by atoms with Gasteiger partial charge in [-0.1, -0.05) is 48.6 Å². The molecule has 0 unspecified atom stereocenters. The van der Waals surface area contributed by atoms with Crippen molar-refractivity contribution in [1.82, 2.24) is 9.47 Å². The summed E-state index contributed by atoms with van der Waals surface area (Å²) in [5, 5.41) is 0. The van der Waals surface area contributed by atoms with Crippen LogP contribution in [-0.4, -0.2) is 21.4 Å². The molecule has 4 nitrogen and oxygen atoms in total. The molecule has 3 rings (SSSR count). The van der Waals surface area contributed by atoms with E-state index in [1.54, 1.807) is 12.1 Å². The molecule has 0 saturated heterocycles. The van der Waals surface area contributed by atoms with Crippen LogP contribution >= 0.6 is 11.3 Å². The average Bonchev–Trinajstić information content (AvgIpc) is 3.00. The first kappa shape index (κ1) is 21.0. The number of halogens is 1. The Labute approximate surface area is 174 Å². The van der Waals surface area contributed by atoms with Crippen LogP contribution in [0.1, 0.15) is 30.7 Å². The molecule has 0 aliphatic heterocycles. The molecule has 1 amide bonds. The van der Waals surface area contributed by atoms with E-state index in [9.17, 15) is 14.0 Å². The summed E-state index contributed by atoms with van der Waals surface area (Å²) in [6.45, 7) is 6.37. The lowest BCUT2D eigenvalue weighted by Crippen LogP contribution is -2.41. The van der Waals surface area contributed by atoms with E-state index in [0.717, 1.165) is 33.8 Å². The highest BCUT2D eigenvalue weighted by Gasteiger charge is 2.23. The van der Waals surface area contributed by atoms with Gasteiger partial charge in [-0.3, -0.25) is 14.2 Å². The van der Waals surface area contributed by atoms with Gasteiger partial charge in [0.1, 0.15) is 12.4 Å². The number of carbonyl (C=O) groups is 1. The smallest absolute Gasteiger partial charge is 0.308 e. The molecule has 3 aromatic rings. The van der Waals surface area contributed by atoms with Crippen LogP contribution in [-0.2, 0) is 17.9 Å². The molecule has 0 radical (unpaired) electrons. The van der Waals surface area contributed by atoms with Gasteiger partial charge in [-0.2, -0.15) is 0 Å². The monoisotopic (exact) mass is 412 g/mol. The summed E-state index contributed by atoms with van der Waals surface area (Å²) >= 11 is 1.11. The maximum atomic E-state index is 13.3. The van der Waals surface area contributed by atoms with Crippen molar-refractivity contribution in [2.75, 3.05) is 0 Å². The first-order valence-electron chi connectivity index (χ1n) is 9.70. The van der Waals surface area contributed by atoms with Crippen molar-refractivity contribution in [3.05, 3.63) is 80.5 Å². The van der Waals surface area contributed by atoms with Crippen LogP contribution in [0.5, 0.6) is 0 Å². The number of carbonyl (C=O) groups excluding carboxylic acids is 1. The largest absolute Gasteiger partial charge is 0.334 e. The van der Waals surface area contributed by atoms with E-state index < -0.39 is 0 Å². The molecule has 6 heteroatoms. The lowest BCUT2D eigenvalue weighted by atomic mass is 10.1. The Hall–Kier alpha value is -2.73. The van der Waals surface area contributed by atoms with Crippen molar-refractivity contribution in [1.29, 1.82) is 0 Å². The molecular formula is C23H25FN2O2S. The topological polar surface area (TPSA) is 42.3 Å². The summed E-state index contributed by atoms with van der Waals surface area (Å²) in [7, 11) is 0. The lowest BCUT2D eigenvalue weighted by molar-refractivity contribution is -0.134. The molecule has 29 heavy (non-hydrogen) atoms. The van der Waals surface area contributed by atoms with Crippen LogP contribution in [0.25, 0.3) is 11.3 Å². The molecule has 0 bridgehead atoms. The summed E-state index contributed by atoms with van der Waals surface area (Å²) in [5.41, 5.74) is 2.46. The van der Waals surface area contributed by atoms with Gasteiger partial charge in [0, 0.05) is 17.5 Å². The van der Waals surface area contributed by atoms with Crippen LogP contribution in [0.3, 0.4) is 0 Å². The Kier molecular flexibility index (Phi) is 6.64. The van der Waals surface area contributed by atoms with Crippen molar-refractivity contribution in [3.8, 4) is 11.3 Å². The van der Waals surface area contributed by atoms with Crippen LogP contribution in [0.4, 0.5) is 4.39 Å². The molecule has 1 heterocycles. The maximum absolute atomic E-state index is 13.3. The minimum atomic E-state index is -0.336. The summed E-state index contributed by atoms with van der Waals surface area (Å²) in [4.78, 5) is 28.3. The fourth-order valence-electron chi connectivity index (χ4n) is 3.34. The number of amides is 1. The van der Waals surface area contributed by atoms with E-state index >= 15 is 0 Å². The third-order valence-corrected chi connectivity index (χ3v) is 6.01. The first-order chi connectivity index (χ1) is 13.9. The van der Waals surface area contributed by atoms with Crippen LogP contribution in [0.15, 0.2) is 59.4 Å². The minimum Gasteiger partial charge on any atom is -0.334 e. The molecule has 1 atom stereocenters. The highest BCUT2D eigenvalue weighted by molar-refractivity contribution is 7.09. The Bertz CT molecular complexity index is 1030. The third-order valence-electron chi connectivity index (χ3n) is 5.11. The second-order valence-corrected chi connectivity index (χ2v) is 8.30. The van der Waals surface area contributed by atoms with E-state index in [1.807, 2.05) is 56.0 Å². The fourth-order valence-corrected chi connectivity index (χ4v) is 4.20. The number of aryl methyl sites for hydroxylation is 1. The molecule has 0 saturated carbocycles. The van der Waals surface area contributed by atoms with Crippen molar-refractivity contribution in [2.24, 2.45) is 0 Å². The van der Waals surface area contributed by atoms with Gasteiger partial charge >= 0.3 is 4.87 Å². The van der Waals surface area contributed by atoms with Gasteiger partial charge in [-0.15, -0.1) is 0 Å². The average molecular weight is 413 g/mol. The molecule has 0 aliphatic carbocycles. The second-order valence-electron chi connectivity index (χ2n) is 7.13. The normalized spacial score (nSPS) is 12.0. The molecule has 0 aliphatic rings. The molecule has 1 aromatic heterocycles. The number of hydrogen-bond donors (Lipinski definition) is 0. The second kappa shape index (κ2) is 9.18. The van der Waals surface area contributed by atoms with Gasteiger partial charge < -0.3 is 4.90 Å². The van der Waals surface area contributed by atoms with E-state index in [1.165, 1.54) is 16.7 Å². The Morgan fingerprint density at radius 1 is 1.14 bits per heavy atom. The Morgan fingerprint density at radius 2 is 1.79 bits per heavy atom. The zero-order valence-corrected chi connectivity index (χ0v) is 17.7. The maximum Gasteiger partial charge on any atom is 0.308 e. The molecular weight excluding hydrogens is 387 g/mol. The highest BCUT2D eigenvalue weighted by Crippen LogP contribution is 2.26. The molecule has 152 valence electrons. The highest BCUT2D eigenvalue weighted by atomic mass is 32.1. The summed E-state index contributed by atoms with van der Waals surface area (Å²) in [6, 6.07) is 15.9. The van der Waals surface area contributed by atoms with Gasteiger partial charge in [0.25, 0.3) is 0 Å². The third kappa shape index (κ3) is 4.82. The summed E-state index contributed by atoms with van der Waals surface area (Å²) < 4.78 is 14.8. The van der Waals surface area contributed by atoms with Gasteiger partial charge in [0.05, 0.1) is 5.69 Å². The lowest BCUT2D eigenvalue weighted by Gasteiger charge is -2.29. The number of hydrogen-bond acceptors (Lipinski definition) is 3. The Morgan fingerprint density at radius 3 is 2.41 bits per heavy atom. The van der Waals surface area contributed by atoms with E-state index in [2.05, 4.69) is 0 Å². The van der Waals surface area contributed by atoms with Gasteiger partial charge in [-0.05, 0) is 55.7 Å². The molecule has 0 fully saturated rings. The number of rotatable bonds is 7. The number of thiazole rings is 1. The minimum absolute atomic E-state index is 0.0347. The number of benzene rings is 2. The zero-order chi connectivity index (χ0) is 21.0. The summed E-state index contributed by atoms with van der Waals surface area (Å²) in [6.07, 6.45) is 0.820. The molecule has 2 aromatic carbocycles. The van der Waals surface area contributed by atoms with Crippen LogP contribution in [0, 0.1) is 12.7 Å². The standard InChI is InChI=1S/C23H25FN2O2S/c1-4-16(2)25(14-18-8-6-5-7-9-18)21(27)15-26-22(17(3)29-23(26)28)19-10-12-20(24)13-11-19/h5-13,16H,4,14-15H2,1-3H3/t16-/m0/s1. The summed E-state index contributed by atoms with van der Waals surface area (Å²) in [5.74, 6) is -0.441. The molecule has 0 N–H and O–H groups in total. The van der Waals surface area contributed by atoms with Crippen molar-refractivity contribution < 1.29 is 9.18 Å². The van der Waals surface area contributed by atoms with E-state index in [0.29, 0.717) is 12.2 Å². The number of aromatic nitrogens is 1. The first-order valence-corrected chi connectivity index (χ1v) is 10.5. The Balaban J connectivity index is 1.92.